The van der Waals surface area contributed by atoms with E-state index in [2.05, 4.69) is 12.2 Å². The van der Waals surface area contributed by atoms with Crippen LogP contribution in [-0.2, 0) is 19.2 Å². The summed E-state index contributed by atoms with van der Waals surface area (Å²) in [5.74, 6) is -0.136. The molecule has 2 N–H and O–H groups in total. The van der Waals surface area contributed by atoms with Crippen molar-refractivity contribution in [3.05, 3.63) is 12.2 Å². The Morgan fingerprint density at radius 1 is 0.340 bits per heavy atom. The molecule has 0 spiro atoms. The predicted octanol–water partition coefficient (Wildman–Crippen LogP) is 13.8. The Hall–Kier alpha value is -1.98. The monoisotopic (exact) mass is 743 g/mol. The maximum atomic E-state index is 11.1. The molecule has 2 aliphatic carbocycles. The van der Waals surface area contributed by atoms with Crippen molar-refractivity contribution in [1.82, 2.24) is 0 Å². The lowest BCUT2D eigenvalue weighted by Crippen LogP contribution is -2.19. The highest BCUT2D eigenvalue weighted by Crippen LogP contribution is 2.51. The number of hydrogen-bond acceptors (Lipinski definition) is 4. The van der Waals surface area contributed by atoms with Gasteiger partial charge in [0.2, 0.25) is 11.6 Å². The second kappa shape index (κ2) is 32.3. The first-order chi connectivity index (χ1) is 25.9. The number of rotatable bonds is 40. The molecule has 306 valence electrons. The molecule has 4 atom stereocenters. The molecule has 0 saturated heterocycles. The highest BCUT2D eigenvalue weighted by Gasteiger charge is 2.43. The number of carbonyl (C=O) groups excluding carboxylic acids is 2. The number of carboxylic acids is 2. The summed E-state index contributed by atoms with van der Waals surface area (Å²) < 4.78 is 0. The number of fused-ring (bicyclic) bond motifs is 2. The van der Waals surface area contributed by atoms with E-state index in [1.165, 1.54) is 186 Å². The number of allylic oxidation sites excluding steroid dienone is 2. The van der Waals surface area contributed by atoms with Crippen LogP contribution < -0.4 is 0 Å². The maximum absolute atomic E-state index is 11.1. The molecule has 1 saturated carbocycles. The molecule has 1 fully saturated rings. The van der Waals surface area contributed by atoms with Crippen LogP contribution in [0.1, 0.15) is 238 Å². The van der Waals surface area contributed by atoms with Gasteiger partial charge in [-0.1, -0.05) is 205 Å². The van der Waals surface area contributed by atoms with Crippen molar-refractivity contribution in [1.29, 1.82) is 0 Å². The fourth-order valence-electron chi connectivity index (χ4n) is 9.38. The summed E-state index contributed by atoms with van der Waals surface area (Å²) in [5, 5.41) is 17.2. The summed E-state index contributed by atoms with van der Waals surface area (Å²) in [6.45, 7) is 0. The summed E-state index contributed by atoms with van der Waals surface area (Å²) in [5.41, 5.74) is 0. The van der Waals surface area contributed by atoms with Crippen molar-refractivity contribution < 1.29 is 29.4 Å². The third-order valence-electron chi connectivity index (χ3n) is 12.7. The van der Waals surface area contributed by atoms with Crippen molar-refractivity contribution in [2.24, 2.45) is 23.7 Å². The van der Waals surface area contributed by atoms with E-state index in [1.807, 2.05) is 0 Å². The predicted molar refractivity (Wildman–Crippen MR) is 219 cm³/mol. The zero-order valence-electron chi connectivity index (χ0n) is 34.2. The van der Waals surface area contributed by atoms with Crippen LogP contribution >= 0.6 is 0 Å². The molecule has 2 rings (SSSR count). The van der Waals surface area contributed by atoms with Gasteiger partial charge in [0.1, 0.15) is 0 Å². The van der Waals surface area contributed by atoms with Gasteiger partial charge < -0.3 is 10.2 Å². The number of Topliss-reactive ketones (excluding diaryl/α,β-unsaturated/α-hetero) is 2. The smallest absolute Gasteiger partial charge is 0.372 e. The molecule has 2 bridgehead atoms. The van der Waals surface area contributed by atoms with Crippen molar-refractivity contribution in [2.45, 2.75) is 238 Å². The van der Waals surface area contributed by atoms with Gasteiger partial charge in [0.05, 0.1) is 0 Å². The molecule has 53 heavy (non-hydrogen) atoms. The third kappa shape index (κ3) is 24.2. The van der Waals surface area contributed by atoms with Gasteiger partial charge in [-0.15, -0.1) is 0 Å². The van der Waals surface area contributed by atoms with Crippen LogP contribution in [0.15, 0.2) is 12.2 Å². The quantitative estimate of drug-likeness (QED) is 0.0367. The number of ketones is 2. The lowest BCUT2D eigenvalue weighted by Gasteiger charge is -2.28. The van der Waals surface area contributed by atoms with E-state index >= 15 is 0 Å². The van der Waals surface area contributed by atoms with Crippen LogP contribution in [0.4, 0.5) is 0 Å². The Morgan fingerprint density at radius 3 is 0.774 bits per heavy atom. The topological polar surface area (TPSA) is 109 Å². The SMILES string of the molecule is O=C(O)C(=O)CCCCCCCCCCCCCCCCCCC1C2C=CC(C2)C1CCCCCCCCCCCCCCCCCCC(=O)C(=O)O. The van der Waals surface area contributed by atoms with Crippen molar-refractivity contribution >= 4 is 23.5 Å². The molecular weight excluding hydrogens is 661 g/mol. The molecular formula is C47H82O6. The highest BCUT2D eigenvalue weighted by molar-refractivity contribution is 6.32. The van der Waals surface area contributed by atoms with Crippen molar-refractivity contribution in [2.75, 3.05) is 0 Å². The van der Waals surface area contributed by atoms with E-state index in [9.17, 15) is 19.2 Å². The van der Waals surface area contributed by atoms with Crippen LogP contribution in [0.2, 0.25) is 0 Å². The summed E-state index contributed by atoms with van der Waals surface area (Å²) in [6, 6.07) is 0. The average Bonchev–Trinajstić information content (AvgIpc) is 3.75. The van der Waals surface area contributed by atoms with Gasteiger partial charge in [0.25, 0.3) is 0 Å². The Bertz CT molecular complexity index is 912. The minimum absolute atomic E-state index is 0.194. The van der Waals surface area contributed by atoms with E-state index < -0.39 is 23.5 Å². The standard InChI is InChI=1S/C47H82O6/c48-44(46(50)51)35-31-27-23-19-15-11-7-3-1-5-9-13-17-21-25-29-33-42-40-37-38-41(39-40)43(42)34-30-26-22-18-14-10-6-2-4-8-12-16-20-24-28-32-36-45(49)47(52)53/h37-38,40-43H,1-36,39H2,(H,50,51)(H,52,53). The number of aliphatic carboxylic acids is 2. The molecule has 0 aromatic rings. The van der Waals surface area contributed by atoms with Crippen LogP contribution in [0, 0.1) is 23.7 Å². The Balaban J connectivity index is 1.30. The molecule has 0 amide bonds. The largest absolute Gasteiger partial charge is 0.476 e. The first kappa shape index (κ1) is 47.2. The molecule has 6 nitrogen and oxygen atoms in total. The number of hydrogen-bond donors (Lipinski definition) is 2. The van der Waals surface area contributed by atoms with E-state index in [0.717, 1.165) is 49.4 Å². The number of carbonyl (C=O) groups is 4. The average molecular weight is 743 g/mol. The zero-order chi connectivity index (χ0) is 38.2. The summed E-state index contributed by atoms with van der Waals surface area (Å²) in [7, 11) is 0. The minimum atomic E-state index is -1.29. The van der Waals surface area contributed by atoms with Crippen LogP contribution in [0.25, 0.3) is 0 Å². The van der Waals surface area contributed by atoms with Crippen LogP contribution in [-0.4, -0.2) is 33.7 Å². The van der Waals surface area contributed by atoms with Crippen molar-refractivity contribution in [3.8, 4) is 0 Å². The van der Waals surface area contributed by atoms with Crippen LogP contribution in [0.5, 0.6) is 0 Å². The van der Waals surface area contributed by atoms with E-state index in [0.29, 0.717) is 12.8 Å². The maximum Gasteiger partial charge on any atom is 0.372 e. The number of unbranched alkanes of at least 4 members (excludes halogenated alkanes) is 30. The molecule has 0 aromatic carbocycles. The van der Waals surface area contributed by atoms with Gasteiger partial charge in [0.15, 0.2) is 0 Å². The second-order valence-electron chi connectivity index (χ2n) is 17.1. The molecule has 2 aliphatic rings. The van der Waals surface area contributed by atoms with E-state index in [4.69, 9.17) is 10.2 Å². The van der Waals surface area contributed by atoms with Gasteiger partial charge in [-0.2, -0.15) is 0 Å². The van der Waals surface area contributed by atoms with Gasteiger partial charge in [-0.25, -0.2) is 9.59 Å². The fourth-order valence-corrected chi connectivity index (χ4v) is 9.38. The fraction of sp³-hybridized carbons (Fsp3) is 0.872. The first-order valence-corrected chi connectivity index (χ1v) is 23.1. The Morgan fingerprint density at radius 2 is 0.547 bits per heavy atom. The first-order valence-electron chi connectivity index (χ1n) is 23.1. The summed E-state index contributed by atoms with van der Waals surface area (Å²) in [6.07, 6.45) is 51.2. The lowest BCUT2D eigenvalue weighted by molar-refractivity contribution is -0.149. The Kier molecular flexibility index (Phi) is 28.7. The molecule has 0 radical (unpaired) electrons. The van der Waals surface area contributed by atoms with Gasteiger partial charge in [0, 0.05) is 12.8 Å². The van der Waals surface area contributed by atoms with Crippen molar-refractivity contribution in [3.63, 3.8) is 0 Å². The molecule has 0 aliphatic heterocycles. The van der Waals surface area contributed by atoms with Crippen LogP contribution in [0.3, 0.4) is 0 Å². The number of carboxylic acid groups (broad SMARTS) is 2. The minimum Gasteiger partial charge on any atom is -0.476 e. The summed E-state index contributed by atoms with van der Waals surface area (Å²) in [4.78, 5) is 43.2. The second-order valence-corrected chi connectivity index (χ2v) is 17.1. The zero-order valence-corrected chi connectivity index (χ0v) is 34.2. The van der Waals surface area contributed by atoms with E-state index in [1.54, 1.807) is 0 Å². The van der Waals surface area contributed by atoms with Gasteiger partial charge >= 0.3 is 11.9 Å². The molecule has 0 heterocycles. The lowest BCUT2D eigenvalue weighted by atomic mass is 9.77. The highest BCUT2D eigenvalue weighted by atomic mass is 16.4. The van der Waals surface area contributed by atoms with Gasteiger partial charge in [-0.3, -0.25) is 9.59 Å². The Labute approximate surface area is 325 Å². The normalized spacial score (nSPS) is 18.9. The molecule has 0 aromatic heterocycles. The van der Waals surface area contributed by atoms with E-state index in [-0.39, 0.29) is 12.8 Å². The summed E-state index contributed by atoms with van der Waals surface area (Å²) >= 11 is 0. The molecule has 4 unspecified atom stereocenters. The van der Waals surface area contributed by atoms with Gasteiger partial charge in [-0.05, 0) is 55.8 Å². The third-order valence-corrected chi connectivity index (χ3v) is 12.7. The molecule has 6 heteroatoms.